The normalized spacial score (nSPS) is 13.0. The average Bonchev–Trinajstić information content (AvgIpc) is 2.76. The summed E-state index contributed by atoms with van der Waals surface area (Å²) in [6.07, 6.45) is 1.04. The van der Waals surface area contributed by atoms with Crippen LogP contribution in [0.5, 0.6) is 0 Å². The van der Waals surface area contributed by atoms with Crippen LogP contribution in [0.2, 0.25) is 0 Å². The molecule has 2 rings (SSSR count). The molecule has 104 valence electrons. The van der Waals surface area contributed by atoms with Crippen molar-refractivity contribution >= 4 is 10.9 Å². The highest BCUT2D eigenvalue weighted by atomic mass is 16.5. The summed E-state index contributed by atoms with van der Waals surface area (Å²) in [6.45, 7) is 6.61. The van der Waals surface area contributed by atoms with Gasteiger partial charge in [-0.1, -0.05) is 32.0 Å². The molecular formula is C15H23N3O. The van der Waals surface area contributed by atoms with Crippen molar-refractivity contribution in [3.63, 3.8) is 0 Å². The van der Waals surface area contributed by atoms with Gasteiger partial charge in [-0.25, -0.2) is 0 Å². The molecule has 0 saturated heterocycles. The predicted molar refractivity (Wildman–Crippen MR) is 78.2 cm³/mol. The summed E-state index contributed by atoms with van der Waals surface area (Å²) in [6, 6.07) is 8.49. The van der Waals surface area contributed by atoms with Crippen LogP contribution in [-0.4, -0.2) is 29.5 Å². The number of benzene rings is 1. The topological polar surface area (TPSA) is 39.1 Å². The number of ether oxygens (including phenoxy) is 1. The van der Waals surface area contributed by atoms with E-state index in [-0.39, 0.29) is 6.04 Å². The first-order valence-electron chi connectivity index (χ1n) is 7.00. The molecule has 0 aliphatic carbocycles. The summed E-state index contributed by atoms with van der Waals surface area (Å²) in [5.74, 6) is 0. The Balaban J connectivity index is 2.27. The van der Waals surface area contributed by atoms with Crippen LogP contribution in [0.1, 0.15) is 32.0 Å². The van der Waals surface area contributed by atoms with Crippen molar-refractivity contribution in [3.05, 3.63) is 30.0 Å². The lowest BCUT2D eigenvalue weighted by Crippen LogP contribution is -2.26. The molecule has 1 atom stereocenters. The van der Waals surface area contributed by atoms with E-state index in [0.717, 1.165) is 30.8 Å². The molecular weight excluding hydrogens is 238 g/mol. The van der Waals surface area contributed by atoms with Crippen LogP contribution in [-0.2, 0) is 11.8 Å². The lowest BCUT2D eigenvalue weighted by Gasteiger charge is -2.16. The second-order valence-electron chi connectivity index (χ2n) is 4.71. The van der Waals surface area contributed by atoms with Crippen molar-refractivity contribution in [1.29, 1.82) is 0 Å². The Bertz CT molecular complexity index is 521. The van der Waals surface area contributed by atoms with E-state index in [4.69, 9.17) is 4.74 Å². The van der Waals surface area contributed by atoms with Crippen LogP contribution in [0.15, 0.2) is 24.3 Å². The Morgan fingerprint density at radius 1 is 1.32 bits per heavy atom. The van der Waals surface area contributed by atoms with E-state index < -0.39 is 0 Å². The third kappa shape index (κ3) is 3.14. The number of aryl methyl sites for hydroxylation is 1. The molecule has 2 aromatic rings. The van der Waals surface area contributed by atoms with Gasteiger partial charge in [0.15, 0.2) is 0 Å². The fraction of sp³-hybridized carbons (Fsp3) is 0.533. The van der Waals surface area contributed by atoms with E-state index in [1.54, 1.807) is 0 Å². The maximum absolute atomic E-state index is 5.70. The van der Waals surface area contributed by atoms with E-state index in [1.165, 1.54) is 5.39 Å². The highest BCUT2D eigenvalue weighted by Crippen LogP contribution is 2.23. The van der Waals surface area contributed by atoms with Crippen LogP contribution in [0.3, 0.4) is 0 Å². The number of aromatic nitrogens is 2. The predicted octanol–water partition coefficient (Wildman–Crippen LogP) is 2.65. The van der Waals surface area contributed by atoms with Crippen LogP contribution >= 0.6 is 0 Å². The van der Waals surface area contributed by atoms with Crippen molar-refractivity contribution in [2.75, 3.05) is 19.8 Å². The molecule has 0 aliphatic rings. The van der Waals surface area contributed by atoms with E-state index in [1.807, 2.05) is 17.8 Å². The van der Waals surface area contributed by atoms with Crippen molar-refractivity contribution in [2.45, 2.75) is 26.3 Å². The van der Waals surface area contributed by atoms with Crippen LogP contribution < -0.4 is 5.32 Å². The Morgan fingerprint density at radius 2 is 2.11 bits per heavy atom. The summed E-state index contributed by atoms with van der Waals surface area (Å²) in [5, 5.41) is 9.33. The molecule has 4 heteroatoms. The minimum atomic E-state index is 0.155. The first-order chi connectivity index (χ1) is 9.27. The fourth-order valence-electron chi connectivity index (χ4n) is 2.33. The SMILES string of the molecule is CCCOCC(NCC)c1nn(C)c2ccccc12. The molecule has 19 heavy (non-hydrogen) atoms. The van der Waals surface area contributed by atoms with Gasteiger partial charge in [0.1, 0.15) is 0 Å². The molecule has 0 bridgehead atoms. The zero-order valence-corrected chi connectivity index (χ0v) is 12.0. The number of hydrogen-bond donors (Lipinski definition) is 1. The molecule has 0 amide bonds. The number of likely N-dealkylation sites (N-methyl/N-ethyl adjacent to an activating group) is 1. The monoisotopic (exact) mass is 261 g/mol. The molecule has 0 aliphatic heterocycles. The van der Waals surface area contributed by atoms with Crippen molar-refractivity contribution in [3.8, 4) is 0 Å². The number of rotatable bonds is 7. The quantitative estimate of drug-likeness (QED) is 0.779. The molecule has 1 aromatic heterocycles. The van der Waals surface area contributed by atoms with Gasteiger partial charge >= 0.3 is 0 Å². The second kappa shape index (κ2) is 6.68. The van der Waals surface area contributed by atoms with E-state index in [2.05, 4.69) is 42.5 Å². The van der Waals surface area contributed by atoms with Crippen molar-refractivity contribution < 1.29 is 4.74 Å². The Hall–Kier alpha value is -1.39. The van der Waals surface area contributed by atoms with Gasteiger partial charge in [-0.3, -0.25) is 4.68 Å². The van der Waals surface area contributed by atoms with Gasteiger partial charge in [0.25, 0.3) is 0 Å². The molecule has 1 heterocycles. The number of fused-ring (bicyclic) bond motifs is 1. The average molecular weight is 261 g/mol. The minimum absolute atomic E-state index is 0.155. The molecule has 0 spiro atoms. The summed E-state index contributed by atoms with van der Waals surface area (Å²) in [4.78, 5) is 0. The summed E-state index contributed by atoms with van der Waals surface area (Å²) in [5.41, 5.74) is 2.24. The molecule has 0 fully saturated rings. The van der Waals surface area contributed by atoms with Crippen LogP contribution in [0.25, 0.3) is 10.9 Å². The molecule has 1 unspecified atom stereocenters. The van der Waals surface area contributed by atoms with E-state index >= 15 is 0 Å². The van der Waals surface area contributed by atoms with Crippen LogP contribution in [0.4, 0.5) is 0 Å². The molecule has 0 saturated carbocycles. The van der Waals surface area contributed by atoms with Gasteiger partial charge in [0.05, 0.1) is 23.9 Å². The fourth-order valence-corrected chi connectivity index (χ4v) is 2.33. The smallest absolute Gasteiger partial charge is 0.0896 e. The first-order valence-corrected chi connectivity index (χ1v) is 7.00. The van der Waals surface area contributed by atoms with Crippen LogP contribution in [0, 0.1) is 0 Å². The lowest BCUT2D eigenvalue weighted by atomic mass is 10.1. The number of nitrogens with one attached hydrogen (secondary N) is 1. The van der Waals surface area contributed by atoms with Gasteiger partial charge in [0.2, 0.25) is 0 Å². The Morgan fingerprint density at radius 3 is 2.84 bits per heavy atom. The molecule has 0 radical (unpaired) electrons. The maximum Gasteiger partial charge on any atom is 0.0896 e. The first kappa shape index (κ1) is 14.0. The summed E-state index contributed by atoms with van der Waals surface area (Å²) < 4.78 is 7.64. The van der Waals surface area contributed by atoms with Gasteiger partial charge < -0.3 is 10.1 Å². The third-order valence-electron chi connectivity index (χ3n) is 3.20. The van der Waals surface area contributed by atoms with Gasteiger partial charge in [0, 0.05) is 19.0 Å². The summed E-state index contributed by atoms with van der Waals surface area (Å²) >= 11 is 0. The number of hydrogen-bond acceptors (Lipinski definition) is 3. The zero-order valence-electron chi connectivity index (χ0n) is 12.0. The lowest BCUT2D eigenvalue weighted by molar-refractivity contribution is 0.111. The highest BCUT2D eigenvalue weighted by molar-refractivity contribution is 5.82. The standard InChI is InChI=1S/C15H23N3O/c1-4-10-19-11-13(16-5-2)15-12-8-6-7-9-14(12)18(3)17-15/h6-9,13,16H,4-5,10-11H2,1-3H3. The number of nitrogens with zero attached hydrogens (tertiary/aromatic N) is 2. The van der Waals surface area contributed by atoms with E-state index in [0.29, 0.717) is 6.61 Å². The zero-order chi connectivity index (χ0) is 13.7. The van der Waals surface area contributed by atoms with Crippen molar-refractivity contribution in [2.24, 2.45) is 7.05 Å². The minimum Gasteiger partial charge on any atom is -0.379 e. The Kier molecular flexibility index (Phi) is 4.93. The highest BCUT2D eigenvalue weighted by Gasteiger charge is 2.18. The second-order valence-corrected chi connectivity index (χ2v) is 4.71. The Labute approximate surface area is 114 Å². The summed E-state index contributed by atoms with van der Waals surface area (Å²) in [7, 11) is 1.99. The van der Waals surface area contributed by atoms with Crippen molar-refractivity contribution in [1.82, 2.24) is 15.1 Å². The third-order valence-corrected chi connectivity index (χ3v) is 3.20. The molecule has 4 nitrogen and oxygen atoms in total. The maximum atomic E-state index is 5.70. The molecule has 1 aromatic carbocycles. The van der Waals surface area contributed by atoms with Gasteiger partial charge in [-0.05, 0) is 19.0 Å². The van der Waals surface area contributed by atoms with Gasteiger partial charge in [-0.15, -0.1) is 0 Å². The molecule has 1 N–H and O–H groups in total. The van der Waals surface area contributed by atoms with Gasteiger partial charge in [-0.2, -0.15) is 5.10 Å². The largest absolute Gasteiger partial charge is 0.379 e. The van der Waals surface area contributed by atoms with E-state index in [9.17, 15) is 0 Å². The number of para-hydroxylation sites is 1.